The fourth-order valence-electron chi connectivity index (χ4n) is 3.88. The maximum Gasteiger partial charge on any atom is 0.310 e. The molecule has 6 nitrogen and oxygen atoms in total. The fourth-order valence-corrected chi connectivity index (χ4v) is 3.88. The van der Waals surface area contributed by atoms with E-state index in [2.05, 4.69) is 36.2 Å². The van der Waals surface area contributed by atoms with E-state index in [0.29, 0.717) is 6.54 Å². The Morgan fingerprint density at radius 1 is 1.25 bits per heavy atom. The molecule has 156 valence electrons. The van der Waals surface area contributed by atoms with Gasteiger partial charge >= 0.3 is 5.97 Å². The zero-order chi connectivity index (χ0) is 19.4. The number of nitrogens with one attached hydrogen (secondary N) is 1. The summed E-state index contributed by atoms with van der Waals surface area (Å²) in [5.74, 6) is 1.83. The number of benzene rings is 1. The Bertz CT molecular complexity index is 689. The molecule has 1 saturated heterocycles. The van der Waals surface area contributed by atoms with Gasteiger partial charge < -0.3 is 19.7 Å². The number of nitrogens with zero attached hydrogens (tertiary/aromatic N) is 2. The van der Waals surface area contributed by atoms with E-state index in [1.807, 2.05) is 12.1 Å². The van der Waals surface area contributed by atoms with Gasteiger partial charge in [-0.25, -0.2) is 0 Å². The minimum Gasteiger partial charge on any atom is -0.497 e. The number of ether oxygens (including phenoxy) is 2. The molecule has 2 aliphatic rings. The highest BCUT2D eigenvalue weighted by Gasteiger charge is 2.44. The van der Waals surface area contributed by atoms with E-state index in [0.717, 1.165) is 44.2 Å². The lowest BCUT2D eigenvalue weighted by Gasteiger charge is -2.23. The first-order valence-corrected chi connectivity index (χ1v) is 9.78. The summed E-state index contributed by atoms with van der Waals surface area (Å²) in [7, 11) is 3.15. The molecule has 1 aromatic carbocycles. The minimum atomic E-state index is -0.127. The molecule has 3 rings (SSSR count). The number of carbonyl (C=O) groups excluding carboxylic acids is 1. The third-order valence-electron chi connectivity index (χ3n) is 5.84. The Labute approximate surface area is 185 Å². The number of guanidine groups is 1. The molecule has 1 aliphatic heterocycles. The van der Waals surface area contributed by atoms with E-state index in [4.69, 9.17) is 14.5 Å². The molecule has 1 aromatic rings. The average Bonchev–Trinajstić information content (AvgIpc) is 3.39. The number of likely N-dealkylation sites (tertiary alicyclic amines) is 1. The molecule has 2 fully saturated rings. The summed E-state index contributed by atoms with van der Waals surface area (Å²) in [5, 5.41) is 3.40. The number of rotatable bonds is 6. The number of halogens is 1. The predicted molar refractivity (Wildman–Crippen MR) is 122 cm³/mol. The largest absolute Gasteiger partial charge is 0.497 e. The first-order valence-electron chi connectivity index (χ1n) is 9.78. The highest BCUT2D eigenvalue weighted by atomic mass is 127. The predicted octanol–water partition coefficient (Wildman–Crippen LogP) is 3.05. The second-order valence-electron chi connectivity index (χ2n) is 7.69. The van der Waals surface area contributed by atoms with Crippen LogP contribution in [0.1, 0.15) is 32.3 Å². The standard InChI is InChI=1S/C21H31N3O3.HI/c1-5-22-20(24-12-15(2)18(13-24)19(25)27-4)23-14-21(10-11-21)16-6-8-17(26-3)9-7-16;/h6-9,15,18H,5,10-14H2,1-4H3,(H,22,23);1H. The van der Waals surface area contributed by atoms with E-state index in [1.54, 1.807) is 7.11 Å². The summed E-state index contributed by atoms with van der Waals surface area (Å²) in [6, 6.07) is 8.35. The first-order chi connectivity index (χ1) is 13.0. The average molecular weight is 501 g/mol. The van der Waals surface area contributed by atoms with Crippen molar-refractivity contribution in [1.82, 2.24) is 10.2 Å². The summed E-state index contributed by atoms with van der Waals surface area (Å²) in [6.07, 6.45) is 2.31. The van der Waals surface area contributed by atoms with Gasteiger partial charge in [0.05, 0.1) is 26.7 Å². The van der Waals surface area contributed by atoms with Crippen molar-refractivity contribution in [2.24, 2.45) is 16.8 Å². The number of carbonyl (C=O) groups is 1. The van der Waals surface area contributed by atoms with Crippen molar-refractivity contribution >= 4 is 35.9 Å². The Balaban J connectivity index is 0.00000280. The van der Waals surface area contributed by atoms with Crippen LogP contribution in [-0.4, -0.2) is 57.2 Å². The third-order valence-corrected chi connectivity index (χ3v) is 5.84. The molecule has 1 N–H and O–H groups in total. The van der Waals surface area contributed by atoms with Gasteiger partial charge in [0, 0.05) is 25.0 Å². The molecule has 0 amide bonds. The molecule has 28 heavy (non-hydrogen) atoms. The van der Waals surface area contributed by atoms with E-state index in [1.165, 1.54) is 12.7 Å². The molecule has 1 aliphatic carbocycles. The van der Waals surface area contributed by atoms with Gasteiger partial charge in [0.15, 0.2) is 5.96 Å². The highest BCUT2D eigenvalue weighted by molar-refractivity contribution is 14.0. The van der Waals surface area contributed by atoms with Crippen LogP contribution < -0.4 is 10.1 Å². The smallest absolute Gasteiger partial charge is 0.310 e. The normalized spacial score (nSPS) is 23.0. The monoisotopic (exact) mass is 501 g/mol. The zero-order valence-electron chi connectivity index (χ0n) is 17.2. The molecule has 0 bridgehead atoms. The van der Waals surface area contributed by atoms with E-state index in [-0.39, 0.29) is 47.2 Å². The summed E-state index contributed by atoms with van der Waals surface area (Å²) >= 11 is 0. The topological polar surface area (TPSA) is 63.2 Å². The Kier molecular flexibility index (Phi) is 7.97. The molecule has 7 heteroatoms. The number of aliphatic imine (C=N–C) groups is 1. The van der Waals surface area contributed by atoms with E-state index in [9.17, 15) is 4.79 Å². The van der Waals surface area contributed by atoms with Gasteiger partial charge in [-0.05, 0) is 43.4 Å². The van der Waals surface area contributed by atoms with Crippen LogP contribution in [0.5, 0.6) is 5.75 Å². The van der Waals surface area contributed by atoms with Crippen molar-refractivity contribution < 1.29 is 14.3 Å². The van der Waals surface area contributed by atoms with Crippen molar-refractivity contribution in [2.45, 2.75) is 32.1 Å². The lowest BCUT2D eigenvalue weighted by Crippen LogP contribution is -2.41. The Hall–Kier alpha value is -1.51. The Morgan fingerprint density at radius 2 is 1.93 bits per heavy atom. The number of esters is 1. The SMILES string of the molecule is CCNC(=NCC1(c2ccc(OC)cc2)CC1)N1CC(C)C(C(=O)OC)C1.I. The molecule has 0 radical (unpaired) electrons. The zero-order valence-corrected chi connectivity index (χ0v) is 19.6. The van der Waals surface area contributed by atoms with Crippen LogP contribution in [-0.2, 0) is 14.9 Å². The minimum absolute atomic E-state index is 0. The molecule has 1 saturated carbocycles. The lowest BCUT2D eigenvalue weighted by atomic mass is 9.96. The molecule has 0 aromatic heterocycles. The number of hydrogen-bond acceptors (Lipinski definition) is 4. The highest BCUT2D eigenvalue weighted by Crippen LogP contribution is 2.48. The quantitative estimate of drug-likeness (QED) is 0.281. The summed E-state index contributed by atoms with van der Waals surface area (Å²) in [6.45, 7) is 7.22. The number of hydrogen-bond donors (Lipinski definition) is 1. The van der Waals surface area contributed by atoms with Gasteiger partial charge in [-0.3, -0.25) is 9.79 Å². The Morgan fingerprint density at radius 3 is 2.46 bits per heavy atom. The molecule has 2 unspecified atom stereocenters. The second-order valence-corrected chi connectivity index (χ2v) is 7.69. The van der Waals surface area contributed by atoms with Gasteiger partial charge in [-0.1, -0.05) is 19.1 Å². The van der Waals surface area contributed by atoms with E-state index >= 15 is 0 Å². The van der Waals surface area contributed by atoms with Crippen LogP contribution in [0, 0.1) is 11.8 Å². The summed E-state index contributed by atoms with van der Waals surface area (Å²) in [4.78, 5) is 19.1. The molecular weight excluding hydrogens is 469 g/mol. The molecule has 2 atom stereocenters. The maximum atomic E-state index is 12.0. The van der Waals surface area contributed by atoms with Gasteiger partial charge in [0.2, 0.25) is 0 Å². The summed E-state index contributed by atoms with van der Waals surface area (Å²) < 4.78 is 10.2. The van der Waals surface area contributed by atoms with Crippen molar-refractivity contribution in [2.75, 3.05) is 40.4 Å². The van der Waals surface area contributed by atoms with Crippen LogP contribution in [0.3, 0.4) is 0 Å². The van der Waals surface area contributed by atoms with Gasteiger partial charge in [0.25, 0.3) is 0 Å². The lowest BCUT2D eigenvalue weighted by molar-refractivity contribution is -0.145. The van der Waals surface area contributed by atoms with Crippen LogP contribution in [0.4, 0.5) is 0 Å². The van der Waals surface area contributed by atoms with Gasteiger partial charge in [0.1, 0.15) is 5.75 Å². The van der Waals surface area contributed by atoms with Gasteiger partial charge in [-0.15, -0.1) is 24.0 Å². The van der Waals surface area contributed by atoms with Crippen molar-refractivity contribution in [3.8, 4) is 5.75 Å². The van der Waals surface area contributed by atoms with Gasteiger partial charge in [-0.2, -0.15) is 0 Å². The molecular formula is C21H32IN3O3. The van der Waals surface area contributed by atoms with Crippen LogP contribution in [0.2, 0.25) is 0 Å². The molecule has 0 spiro atoms. The van der Waals surface area contributed by atoms with Crippen molar-refractivity contribution in [1.29, 1.82) is 0 Å². The maximum absolute atomic E-state index is 12.0. The van der Waals surface area contributed by atoms with Crippen molar-refractivity contribution in [3.63, 3.8) is 0 Å². The first kappa shape index (κ1) is 22.8. The summed E-state index contributed by atoms with van der Waals surface area (Å²) in [5.41, 5.74) is 1.46. The van der Waals surface area contributed by atoms with E-state index < -0.39 is 0 Å². The van der Waals surface area contributed by atoms with Crippen LogP contribution >= 0.6 is 24.0 Å². The second kappa shape index (κ2) is 9.80. The van der Waals surface area contributed by atoms with Crippen LogP contribution in [0.15, 0.2) is 29.3 Å². The molecule has 1 heterocycles. The third kappa shape index (κ3) is 4.90. The van der Waals surface area contributed by atoms with Crippen LogP contribution in [0.25, 0.3) is 0 Å². The fraction of sp³-hybridized carbons (Fsp3) is 0.619. The van der Waals surface area contributed by atoms with Crippen molar-refractivity contribution in [3.05, 3.63) is 29.8 Å². The number of methoxy groups -OCH3 is 2.